The number of anilines is 1. The van der Waals surface area contributed by atoms with Gasteiger partial charge >= 0.3 is 0 Å². The van der Waals surface area contributed by atoms with Crippen LogP contribution in [0.2, 0.25) is 0 Å². The molecule has 3 aromatic rings. The lowest BCUT2D eigenvalue weighted by Crippen LogP contribution is -2.09. The molecule has 1 heterocycles. The van der Waals surface area contributed by atoms with Gasteiger partial charge < -0.3 is 5.32 Å². The SMILES string of the molecule is Cc1cc(NC(C)c2ccccc2C)c2ccccc2n1. The molecule has 106 valence electrons. The molecular weight excluding hydrogens is 256 g/mol. The fraction of sp³-hybridized carbons (Fsp3) is 0.211. The van der Waals surface area contributed by atoms with Gasteiger partial charge in [0, 0.05) is 22.8 Å². The zero-order valence-corrected chi connectivity index (χ0v) is 12.7. The van der Waals surface area contributed by atoms with E-state index in [0.29, 0.717) is 0 Å². The van der Waals surface area contributed by atoms with Crippen LogP contribution in [0.1, 0.15) is 29.8 Å². The average molecular weight is 276 g/mol. The van der Waals surface area contributed by atoms with Crippen LogP contribution in [0.15, 0.2) is 54.6 Å². The number of fused-ring (bicyclic) bond motifs is 1. The van der Waals surface area contributed by atoms with Gasteiger partial charge in [-0.25, -0.2) is 0 Å². The first kappa shape index (κ1) is 13.6. The van der Waals surface area contributed by atoms with Crippen LogP contribution in [0.3, 0.4) is 0 Å². The van der Waals surface area contributed by atoms with Gasteiger partial charge in [0.1, 0.15) is 0 Å². The lowest BCUT2D eigenvalue weighted by molar-refractivity contribution is 0.875. The van der Waals surface area contributed by atoms with Crippen LogP contribution >= 0.6 is 0 Å². The topological polar surface area (TPSA) is 24.9 Å². The molecule has 2 aromatic carbocycles. The van der Waals surface area contributed by atoms with Crippen LogP contribution in [-0.2, 0) is 0 Å². The number of aromatic nitrogens is 1. The van der Waals surface area contributed by atoms with E-state index in [1.165, 1.54) is 16.5 Å². The normalized spacial score (nSPS) is 12.3. The van der Waals surface area contributed by atoms with Crippen LogP contribution in [-0.4, -0.2) is 4.98 Å². The molecule has 1 aromatic heterocycles. The summed E-state index contributed by atoms with van der Waals surface area (Å²) < 4.78 is 0. The molecule has 1 unspecified atom stereocenters. The van der Waals surface area contributed by atoms with E-state index in [1.54, 1.807) is 0 Å². The van der Waals surface area contributed by atoms with Crippen LogP contribution < -0.4 is 5.32 Å². The highest BCUT2D eigenvalue weighted by atomic mass is 14.9. The Hall–Kier alpha value is -2.35. The van der Waals surface area contributed by atoms with Gasteiger partial charge in [-0.1, -0.05) is 42.5 Å². The Labute approximate surface area is 125 Å². The highest BCUT2D eigenvalue weighted by Crippen LogP contribution is 2.28. The molecular formula is C19H20N2. The maximum absolute atomic E-state index is 4.59. The fourth-order valence-electron chi connectivity index (χ4n) is 2.81. The van der Waals surface area contributed by atoms with Crippen LogP contribution in [0.4, 0.5) is 5.69 Å². The molecule has 1 atom stereocenters. The van der Waals surface area contributed by atoms with Crippen molar-refractivity contribution in [3.63, 3.8) is 0 Å². The van der Waals surface area contributed by atoms with Gasteiger partial charge in [0.15, 0.2) is 0 Å². The largest absolute Gasteiger partial charge is 0.378 e. The number of pyridine rings is 1. The summed E-state index contributed by atoms with van der Waals surface area (Å²) in [5, 5.41) is 4.81. The van der Waals surface area contributed by atoms with E-state index in [0.717, 1.165) is 16.9 Å². The maximum atomic E-state index is 4.59. The first-order chi connectivity index (χ1) is 10.1. The lowest BCUT2D eigenvalue weighted by Gasteiger charge is -2.19. The van der Waals surface area contributed by atoms with Crippen molar-refractivity contribution in [3.8, 4) is 0 Å². The van der Waals surface area contributed by atoms with Gasteiger partial charge in [-0.2, -0.15) is 0 Å². The standard InChI is InChI=1S/C19H20N2/c1-13-8-4-5-9-16(13)15(3)21-19-12-14(2)20-18-11-7-6-10-17(18)19/h4-12,15H,1-3H3,(H,20,21). The zero-order valence-electron chi connectivity index (χ0n) is 12.7. The molecule has 0 radical (unpaired) electrons. The van der Waals surface area contributed by atoms with Gasteiger partial charge in [-0.3, -0.25) is 4.98 Å². The summed E-state index contributed by atoms with van der Waals surface area (Å²) in [6.07, 6.45) is 0. The number of aryl methyl sites for hydroxylation is 2. The summed E-state index contributed by atoms with van der Waals surface area (Å²) in [5.41, 5.74) is 5.86. The van der Waals surface area contributed by atoms with Gasteiger partial charge in [-0.05, 0) is 44.0 Å². The van der Waals surface area contributed by atoms with Crippen LogP contribution in [0, 0.1) is 13.8 Å². The van der Waals surface area contributed by atoms with Crippen LogP contribution in [0.5, 0.6) is 0 Å². The molecule has 0 aliphatic heterocycles. The van der Waals surface area contributed by atoms with Crippen LogP contribution in [0.25, 0.3) is 10.9 Å². The first-order valence-corrected chi connectivity index (χ1v) is 7.33. The number of rotatable bonds is 3. The van der Waals surface area contributed by atoms with Gasteiger partial charge in [0.2, 0.25) is 0 Å². The molecule has 0 fully saturated rings. The van der Waals surface area contributed by atoms with E-state index in [9.17, 15) is 0 Å². The van der Waals surface area contributed by atoms with Crippen molar-refractivity contribution in [2.24, 2.45) is 0 Å². The van der Waals surface area contributed by atoms with E-state index in [4.69, 9.17) is 0 Å². The highest BCUT2D eigenvalue weighted by molar-refractivity contribution is 5.91. The number of hydrogen-bond donors (Lipinski definition) is 1. The Morgan fingerprint density at radius 3 is 2.48 bits per heavy atom. The molecule has 0 amide bonds. The zero-order chi connectivity index (χ0) is 14.8. The number of benzene rings is 2. The highest BCUT2D eigenvalue weighted by Gasteiger charge is 2.10. The van der Waals surface area contributed by atoms with Crippen molar-refractivity contribution < 1.29 is 0 Å². The monoisotopic (exact) mass is 276 g/mol. The van der Waals surface area contributed by atoms with Crippen molar-refractivity contribution in [1.82, 2.24) is 4.98 Å². The molecule has 2 heteroatoms. The maximum Gasteiger partial charge on any atom is 0.0725 e. The van der Waals surface area contributed by atoms with Crippen molar-refractivity contribution >= 4 is 16.6 Å². The predicted molar refractivity (Wildman–Crippen MR) is 89.7 cm³/mol. The molecule has 21 heavy (non-hydrogen) atoms. The molecule has 0 saturated carbocycles. The molecule has 0 aliphatic carbocycles. The predicted octanol–water partition coefficient (Wildman–Crippen LogP) is 5.02. The summed E-state index contributed by atoms with van der Waals surface area (Å²) >= 11 is 0. The van der Waals surface area contributed by atoms with E-state index >= 15 is 0 Å². The van der Waals surface area contributed by atoms with Gasteiger partial charge in [0.05, 0.1) is 5.52 Å². The second-order valence-electron chi connectivity index (χ2n) is 5.55. The molecule has 0 aliphatic rings. The Balaban J connectivity index is 2.00. The van der Waals surface area contributed by atoms with Crippen molar-refractivity contribution in [3.05, 3.63) is 71.4 Å². The lowest BCUT2D eigenvalue weighted by atomic mass is 10.0. The molecule has 3 rings (SSSR count). The van der Waals surface area contributed by atoms with Crippen molar-refractivity contribution in [2.75, 3.05) is 5.32 Å². The third kappa shape index (κ3) is 2.75. The number of nitrogens with one attached hydrogen (secondary N) is 1. The molecule has 0 spiro atoms. The Bertz CT molecular complexity index is 777. The van der Waals surface area contributed by atoms with E-state index in [-0.39, 0.29) is 6.04 Å². The molecule has 0 saturated heterocycles. The minimum atomic E-state index is 0.261. The van der Waals surface area contributed by atoms with Crippen molar-refractivity contribution in [2.45, 2.75) is 26.8 Å². The number of hydrogen-bond acceptors (Lipinski definition) is 2. The van der Waals surface area contributed by atoms with Gasteiger partial charge in [0.25, 0.3) is 0 Å². The van der Waals surface area contributed by atoms with E-state index in [1.807, 2.05) is 13.0 Å². The minimum Gasteiger partial charge on any atom is -0.378 e. The Morgan fingerprint density at radius 2 is 1.67 bits per heavy atom. The minimum absolute atomic E-state index is 0.261. The number of nitrogens with zero attached hydrogens (tertiary/aromatic N) is 1. The quantitative estimate of drug-likeness (QED) is 0.726. The second kappa shape index (κ2) is 5.57. The summed E-state index contributed by atoms with van der Waals surface area (Å²) in [4.78, 5) is 4.59. The first-order valence-electron chi connectivity index (χ1n) is 7.33. The van der Waals surface area contributed by atoms with E-state index < -0.39 is 0 Å². The smallest absolute Gasteiger partial charge is 0.0725 e. The fourth-order valence-corrected chi connectivity index (χ4v) is 2.81. The Kier molecular flexibility index (Phi) is 3.61. The third-order valence-electron chi connectivity index (χ3n) is 3.87. The molecule has 2 nitrogen and oxygen atoms in total. The number of para-hydroxylation sites is 1. The molecule has 1 N–H and O–H groups in total. The Morgan fingerprint density at radius 1 is 0.952 bits per heavy atom. The van der Waals surface area contributed by atoms with Crippen molar-refractivity contribution in [1.29, 1.82) is 0 Å². The average Bonchev–Trinajstić information content (AvgIpc) is 2.47. The summed E-state index contributed by atoms with van der Waals surface area (Å²) in [7, 11) is 0. The molecule has 0 bridgehead atoms. The summed E-state index contributed by atoms with van der Waals surface area (Å²) in [6, 6.07) is 19.2. The van der Waals surface area contributed by atoms with E-state index in [2.05, 4.69) is 72.7 Å². The van der Waals surface area contributed by atoms with Gasteiger partial charge in [-0.15, -0.1) is 0 Å². The summed E-state index contributed by atoms with van der Waals surface area (Å²) in [6.45, 7) is 6.40. The third-order valence-corrected chi connectivity index (χ3v) is 3.87. The second-order valence-corrected chi connectivity index (χ2v) is 5.55. The summed E-state index contributed by atoms with van der Waals surface area (Å²) in [5.74, 6) is 0.